The molecule has 2 aliphatic rings. The van der Waals surface area contributed by atoms with Gasteiger partial charge in [-0.3, -0.25) is 0 Å². The summed E-state index contributed by atoms with van der Waals surface area (Å²) in [6.45, 7) is 3.10. The van der Waals surface area contributed by atoms with E-state index in [4.69, 9.17) is 15.2 Å². The Morgan fingerprint density at radius 3 is 2.69 bits per heavy atom. The fourth-order valence-corrected chi connectivity index (χ4v) is 2.35. The average Bonchev–Trinajstić information content (AvgIpc) is 2.75. The van der Waals surface area contributed by atoms with E-state index in [1.54, 1.807) is 0 Å². The number of benzene rings is 1. The topological polar surface area (TPSA) is 56.5 Å². The van der Waals surface area contributed by atoms with Crippen LogP contribution in [-0.2, 0) is 0 Å². The molecule has 0 radical (unpaired) electrons. The molecule has 1 aromatic rings. The summed E-state index contributed by atoms with van der Waals surface area (Å²) in [6, 6.07) is 6.33. The zero-order chi connectivity index (χ0) is 11.0. The van der Waals surface area contributed by atoms with Crippen molar-refractivity contribution in [3.63, 3.8) is 0 Å². The van der Waals surface area contributed by atoms with Crippen molar-refractivity contribution in [3.05, 3.63) is 23.8 Å². The predicted molar refractivity (Wildman–Crippen MR) is 61.0 cm³/mol. The molecule has 1 aromatic carbocycles. The number of fused-ring (bicyclic) bond motifs is 1. The van der Waals surface area contributed by atoms with Crippen molar-refractivity contribution >= 4 is 0 Å². The van der Waals surface area contributed by atoms with E-state index in [-0.39, 0.29) is 6.04 Å². The maximum Gasteiger partial charge on any atom is 0.161 e. The van der Waals surface area contributed by atoms with E-state index in [9.17, 15) is 0 Å². The Hall–Kier alpha value is -1.26. The molecule has 0 saturated carbocycles. The Bertz CT molecular complexity index is 395. The molecule has 0 bridgehead atoms. The molecule has 1 fully saturated rings. The van der Waals surface area contributed by atoms with Gasteiger partial charge in [0.2, 0.25) is 0 Å². The first-order valence-electron chi connectivity index (χ1n) is 5.70. The number of nitrogens with one attached hydrogen (secondary N) is 1. The van der Waals surface area contributed by atoms with E-state index in [1.807, 2.05) is 6.07 Å². The fourth-order valence-electron chi connectivity index (χ4n) is 2.35. The average molecular weight is 220 g/mol. The first-order valence-corrected chi connectivity index (χ1v) is 5.70. The van der Waals surface area contributed by atoms with Gasteiger partial charge in [-0.1, -0.05) is 6.07 Å². The summed E-state index contributed by atoms with van der Waals surface area (Å²) in [6.07, 6.45) is 0. The summed E-state index contributed by atoms with van der Waals surface area (Å²) in [5.74, 6) is 2.08. The van der Waals surface area contributed by atoms with E-state index in [0.717, 1.165) is 24.6 Å². The molecule has 2 unspecified atom stereocenters. The third-order valence-corrected chi connectivity index (χ3v) is 3.26. The summed E-state index contributed by atoms with van der Waals surface area (Å²) in [7, 11) is 0. The Morgan fingerprint density at radius 2 is 1.94 bits per heavy atom. The molecular weight excluding hydrogens is 204 g/mol. The van der Waals surface area contributed by atoms with Crippen molar-refractivity contribution in [3.8, 4) is 11.5 Å². The maximum absolute atomic E-state index is 6.05. The minimum absolute atomic E-state index is 0.197. The summed E-state index contributed by atoms with van der Waals surface area (Å²) in [5.41, 5.74) is 7.29. The van der Waals surface area contributed by atoms with Gasteiger partial charge in [-0.25, -0.2) is 0 Å². The highest BCUT2D eigenvalue weighted by Gasteiger charge is 2.26. The first-order chi connectivity index (χ1) is 7.84. The van der Waals surface area contributed by atoms with Gasteiger partial charge in [0.15, 0.2) is 11.5 Å². The van der Waals surface area contributed by atoms with Crippen LogP contribution in [0.3, 0.4) is 0 Å². The van der Waals surface area contributed by atoms with Gasteiger partial charge in [-0.15, -0.1) is 0 Å². The molecule has 16 heavy (non-hydrogen) atoms. The van der Waals surface area contributed by atoms with Crippen LogP contribution in [0.5, 0.6) is 11.5 Å². The lowest BCUT2D eigenvalue weighted by atomic mass is 9.94. The van der Waals surface area contributed by atoms with Crippen molar-refractivity contribution in [2.24, 2.45) is 5.73 Å². The third-order valence-electron chi connectivity index (χ3n) is 3.26. The minimum atomic E-state index is 0.197. The summed E-state index contributed by atoms with van der Waals surface area (Å²) in [5, 5.41) is 3.30. The molecular formula is C12H16N2O2. The van der Waals surface area contributed by atoms with Crippen molar-refractivity contribution in [2.45, 2.75) is 12.0 Å². The molecule has 0 spiro atoms. The maximum atomic E-state index is 6.05. The van der Waals surface area contributed by atoms with Gasteiger partial charge >= 0.3 is 0 Å². The highest BCUT2D eigenvalue weighted by Crippen LogP contribution is 2.34. The van der Waals surface area contributed by atoms with Crippen molar-refractivity contribution in [1.82, 2.24) is 5.32 Å². The molecule has 2 atom stereocenters. The monoisotopic (exact) mass is 220 g/mol. The van der Waals surface area contributed by atoms with Crippen molar-refractivity contribution in [2.75, 3.05) is 26.3 Å². The molecule has 2 aliphatic heterocycles. The molecule has 4 heteroatoms. The largest absolute Gasteiger partial charge is 0.486 e. The zero-order valence-corrected chi connectivity index (χ0v) is 9.11. The zero-order valence-electron chi connectivity index (χ0n) is 9.11. The lowest BCUT2D eigenvalue weighted by Gasteiger charge is -2.21. The van der Waals surface area contributed by atoms with Crippen LogP contribution >= 0.6 is 0 Å². The van der Waals surface area contributed by atoms with E-state index in [0.29, 0.717) is 19.1 Å². The van der Waals surface area contributed by atoms with Crippen LogP contribution in [0.4, 0.5) is 0 Å². The van der Waals surface area contributed by atoms with Crippen LogP contribution in [0.15, 0.2) is 18.2 Å². The quantitative estimate of drug-likeness (QED) is 0.722. The van der Waals surface area contributed by atoms with Crippen LogP contribution in [0.25, 0.3) is 0 Å². The standard InChI is InChI=1S/C12H16N2O2/c13-10-7-14-6-9(10)8-1-2-11-12(5-8)16-4-3-15-11/h1-2,5,9-10,14H,3-4,6-7,13H2. The lowest BCUT2D eigenvalue weighted by Crippen LogP contribution is -2.27. The molecule has 3 rings (SSSR count). The fraction of sp³-hybridized carbons (Fsp3) is 0.500. The van der Waals surface area contributed by atoms with Crippen LogP contribution in [0.2, 0.25) is 0 Å². The van der Waals surface area contributed by atoms with Gasteiger partial charge in [-0.05, 0) is 17.7 Å². The molecule has 0 amide bonds. The molecule has 0 aliphatic carbocycles. The molecule has 0 aromatic heterocycles. The predicted octanol–water partition coefficient (Wildman–Crippen LogP) is 0.472. The second-order valence-corrected chi connectivity index (χ2v) is 4.33. The van der Waals surface area contributed by atoms with E-state index < -0.39 is 0 Å². The van der Waals surface area contributed by atoms with Crippen molar-refractivity contribution < 1.29 is 9.47 Å². The van der Waals surface area contributed by atoms with Gasteiger partial charge in [0.25, 0.3) is 0 Å². The van der Waals surface area contributed by atoms with Gasteiger partial charge in [-0.2, -0.15) is 0 Å². The molecule has 1 saturated heterocycles. The highest BCUT2D eigenvalue weighted by atomic mass is 16.6. The summed E-state index contributed by atoms with van der Waals surface area (Å²) < 4.78 is 11.1. The van der Waals surface area contributed by atoms with Gasteiger partial charge < -0.3 is 20.5 Å². The smallest absolute Gasteiger partial charge is 0.161 e. The summed E-state index contributed by atoms with van der Waals surface area (Å²) >= 11 is 0. The lowest BCUT2D eigenvalue weighted by molar-refractivity contribution is 0.171. The number of rotatable bonds is 1. The molecule has 3 N–H and O–H groups in total. The van der Waals surface area contributed by atoms with Crippen LogP contribution in [-0.4, -0.2) is 32.3 Å². The molecule has 2 heterocycles. The Labute approximate surface area is 94.7 Å². The van der Waals surface area contributed by atoms with E-state index in [2.05, 4.69) is 17.4 Å². The Balaban J connectivity index is 1.90. The van der Waals surface area contributed by atoms with Crippen molar-refractivity contribution in [1.29, 1.82) is 0 Å². The number of hydrogen-bond acceptors (Lipinski definition) is 4. The molecule has 4 nitrogen and oxygen atoms in total. The van der Waals surface area contributed by atoms with Gasteiger partial charge in [0.05, 0.1) is 0 Å². The number of ether oxygens (including phenoxy) is 2. The minimum Gasteiger partial charge on any atom is -0.486 e. The normalized spacial score (nSPS) is 28.1. The van der Waals surface area contributed by atoms with E-state index in [1.165, 1.54) is 5.56 Å². The molecule has 86 valence electrons. The van der Waals surface area contributed by atoms with Gasteiger partial charge in [0.1, 0.15) is 13.2 Å². The Kier molecular flexibility index (Phi) is 2.46. The number of nitrogens with two attached hydrogens (primary N) is 1. The summed E-state index contributed by atoms with van der Waals surface area (Å²) in [4.78, 5) is 0. The highest BCUT2D eigenvalue weighted by molar-refractivity contribution is 5.45. The van der Waals surface area contributed by atoms with Gasteiger partial charge in [0, 0.05) is 25.0 Å². The van der Waals surface area contributed by atoms with Crippen LogP contribution in [0, 0.1) is 0 Å². The second kappa shape index (κ2) is 3.96. The first kappa shape index (κ1) is 9.93. The van der Waals surface area contributed by atoms with Crippen LogP contribution < -0.4 is 20.5 Å². The van der Waals surface area contributed by atoms with E-state index >= 15 is 0 Å². The Morgan fingerprint density at radius 1 is 1.12 bits per heavy atom. The third kappa shape index (κ3) is 1.64. The SMILES string of the molecule is NC1CNCC1c1ccc2c(c1)OCCO2. The number of hydrogen-bond donors (Lipinski definition) is 2. The second-order valence-electron chi connectivity index (χ2n) is 4.33. The van der Waals surface area contributed by atoms with Crippen LogP contribution in [0.1, 0.15) is 11.5 Å².